The van der Waals surface area contributed by atoms with Crippen molar-refractivity contribution >= 4 is 13.7 Å². The maximum absolute atomic E-state index is 12.8. The molecule has 0 radical (unpaired) electrons. The van der Waals surface area contributed by atoms with Crippen molar-refractivity contribution in [1.82, 2.24) is 5.32 Å². The summed E-state index contributed by atoms with van der Waals surface area (Å²) < 4.78 is 23.1. The van der Waals surface area contributed by atoms with Crippen molar-refractivity contribution in [1.29, 1.82) is 0 Å². The summed E-state index contributed by atoms with van der Waals surface area (Å²) in [5.74, 6) is -0.297. The van der Waals surface area contributed by atoms with Crippen LogP contribution in [0.15, 0.2) is 72.9 Å². The molecule has 0 spiro atoms. The van der Waals surface area contributed by atoms with E-state index in [0.717, 1.165) is 25.7 Å². The monoisotopic (exact) mass is 809 g/mol. The van der Waals surface area contributed by atoms with Crippen LogP contribution in [0, 0.1) is 0 Å². The smallest absolute Gasteiger partial charge is 0.268 e. The standard InChI is InChI=1S/C45H81N2O8P/c1-6-8-10-11-12-13-14-15-16-17-18-22-30-36-44(50)43(40-55-56(52,53)54-39-38-47(3,4)5)46-45(51)37-31-23-20-19-21-27-33-42(49)35-29-25-24-28-34-41(48)32-26-9-7-2/h9,20-21,23-29,34-35,41-44,48-50H,6-8,10-19,22,30-33,36-40H2,1-5H3,(H-,46,51,52,53)/b23-20-,25-24-,26-9-,27-21-,34-28+,35-29+/t41-,42+,43-,44+/m0/s1. The Kier molecular flexibility index (Phi) is 34.6. The number of allylic oxidation sites excluding steroid dienone is 8. The molecule has 0 aromatic heterocycles. The maximum atomic E-state index is 12.8. The third-order valence-electron chi connectivity index (χ3n) is 9.14. The van der Waals surface area contributed by atoms with Crippen molar-refractivity contribution in [3.05, 3.63) is 72.9 Å². The topological polar surface area (TPSA) is 148 Å². The SMILES string of the molecule is CC/C=C\C[C@H](O)/C=C/C=C\C=C\[C@H](O)C/C=C\C/C=C\CCC(=O)N[C@@H](COP(=O)([O-])OCC[N+](C)(C)C)[C@H](O)CCCCCCCCCCCCCCC. The van der Waals surface area contributed by atoms with Gasteiger partial charge in [0.25, 0.3) is 7.82 Å². The average molecular weight is 809 g/mol. The third-order valence-corrected chi connectivity index (χ3v) is 10.1. The molecule has 1 amide bonds. The molecular formula is C45H81N2O8P. The quantitative estimate of drug-likeness (QED) is 0.0160. The minimum atomic E-state index is -4.61. The molecule has 11 heteroatoms. The van der Waals surface area contributed by atoms with Crippen LogP contribution in [0.25, 0.3) is 0 Å². The van der Waals surface area contributed by atoms with Gasteiger partial charge in [-0.2, -0.15) is 0 Å². The molecular weight excluding hydrogens is 727 g/mol. The molecule has 0 fully saturated rings. The first kappa shape index (κ1) is 53.9. The number of rotatable bonds is 37. The van der Waals surface area contributed by atoms with Crippen molar-refractivity contribution in [3.8, 4) is 0 Å². The molecule has 0 rings (SSSR count). The fourth-order valence-electron chi connectivity index (χ4n) is 5.65. The third kappa shape index (κ3) is 37.4. The summed E-state index contributed by atoms with van der Waals surface area (Å²) in [5.41, 5.74) is 0. The number of aliphatic hydroxyl groups excluding tert-OH is 3. The van der Waals surface area contributed by atoms with Crippen LogP contribution in [-0.2, 0) is 18.4 Å². The maximum Gasteiger partial charge on any atom is 0.268 e. The Labute approximate surface area is 341 Å². The van der Waals surface area contributed by atoms with E-state index in [4.69, 9.17) is 9.05 Å². The van der Waals surface area contributed by atoms with E-state index in [0.29, 0.717) is 43.1 Å². The number of aliphatic hydroxyl groups is 3. The number of phosphoric acid groups is 1. The number of unbranched alkanes of at least 4 members (excludes halogenated alkanes) is 12. The Morgan fingerprint density at radius 3 is 1.77 bits per heavy atom. The summed E-state index contributed by atoms with van der Waals surface area (Å²) in [6, 6.07) is -0.880. The molecule has 0 aromatic carbocycles. The first-order chi connectivity index (χ1) is 26.8. The number of nitrogens with zero attached hydrogens (tertiary/aromatic N) is 1. The van der Waals surface area contributed by atoms with E-state index >= 15 is 0 Å². The minimum Gasteiger partial charge on any atom is -0.756 e. The van der Waals surface area contributed by atoms with Gasteiger partial charge in [-0.15, -0.1) is 0 Å². The van der Waals surface area contributed by atoms with Gasteiger partial charge in [0.05, 0.1) is 52.1 Å². The summed E-state index contributed by atoms with van der Waals surface area (Å²) in [6.07, 6.45) is 39.8. The number of nitrogens with one attached hydrogen (secondary N) is 1. The molecule has 0 aliphatic carbocycles. The number of carbonyl (C=O) groups is 1. The van der Waals surface area contributed by atoms with Crippen molar-refractivity contribution in [2.75, 3.05) is 40.9 Å². The second-order valence-electron chi connectivity index (χ2n) is 15.7. The largest absolute Gasteiger partial charge is 0.756 e. The molecule has 0 saturated carbocycles. The van der Waals surface area contributed by atoms with Gasteiger partial charge in [-0.25, -0.2) is 0 Å². The van der Waals surface area contributed by atoms with Crippen LogP contribution in [0.4, 0.5) is 0 Å². The highest BCUT2D eigenvalue weighted by molar-refractivity contribution is 7.45. The van der Waals surface area contributed by atoms with Crippen LogP contribution in [0.3, 0.4) is 0 Å². The highest BCUT2D eigenvalue weighted by atomic mass is 31.2. The summed E-state index contributed by atoms with van der Waals surface area (Å²) in [7, 11) is 1.18. The van der Waals surface area contributed by atoms with Gasteiger partial charge in [0.2, 0.25) is 5.91 Å². The normalized spacial score (nSPS) is 16.2. The van der Waals surface area contributed by atoms with Crippen LogP contribution in [0.5, 0.6) is 0 Å². The molecule has 5 atom stereocenters. The Morgan fingerprint density at radius 2 is 1.23 bits per heavy atom. The number of amides is 1. The zero-order chi connectivity index (χ0) is 41.8. The molecule has 0 bridgehead atoms. The van der Waals surface area contributed by atoms with Gasteiger partial charge in [0.15, 0.2) is 0 Å². The number of hydrogen-bond donors (Lipinski definition) is 4. The Hall–Kier alpha value is -2.14. The van der Waals surface area contributed by atoms with Gasteiger partial charge >= 0.3 is 0 Å². The molecule has 1 unspecified atom stereocenters. The van der Waals surface area contributed by atoms with E-state index in [1.807, 2.05) is 63.7 Å². The van der Waals surface area contributed by atoms with Crippen molar-refractivity contribution in [2.45, 2.75) is 167 Å². The van der Waals surface area contributed by atoms with Crippen LogP contribution < -0.4 is 10.2 Å². The molecule has 0 aromatic rings. The lowest BCUT2D eigenvalue weighted by molar-refractivity contribution is -0.870. The molecule has 0 aliphatic rings. The number of carbonyl (C=O) groups excluding carboxylic acids is 1. The summed E-state index contributed by atoms with van der Waals surface area (Å²) in [5, 5.41) is 33.8. The average Bonchev–Trinajstić information content (AvgIpc) is 3.13. The van der Waals surface area contributed by atoms with E-state index in [-0.39, 0.29) is 18.9 Å². The number of hydrogen-bond acceptors (Lipinski definition) is 8. The highest BCUT2D eigenvalue weighted by Gasteiger charge is 2.24. The van der Waals surface area contributed by atoms with Crippen LogP contribution in [0.2, 0.25) is 0 Å². The van der Waals surface area contributed by atoms with Crippen LogP contribution in [-0.4, -0.2) is 91.0 Å². The molecule has 10 nitrogen and oxygen atoms in total. The number of likely N-dealkylation sites (N-methyl/N-ethyl adjacent to an activating group) is 1. The zero-order valence-corrected chi connectivity index (χ0v) is 36.7. The molecule has 56 heavy (non-hydrogen) atoms. The second kappa shape index (κ2) is 36.0. The molecule has 0 aliphatic heterocycles. The van der Waals surface area contributed by atoms with Crippen molar-refractivity contribution < 1.29 is 43.1 Å². The summed E-state index contributed by atoms with van der Waals surface area (Å²) in [4.78, 5) is 25.3. The number of quaternary nitrogens is 1. The molecule has 324 valence electrons. The van der Waals surface area contributed by atoms with Gasteiger partial charge in [-0.3, -0.25) is 9.36 Å². The van der Waals surface area contributed by atoms with E-state index in [2.05, 4.69) is 19.2 Å². The van der Waals surface area contributed by atoms with E-state index in [1.165, 1.54) is 64.2 Å². The van der Waals surface area contributed by atoms with Crippen molar-refractivity contribution in [3.63, 3.8) is 0 Å². The lowest BCUT2D eigenvalue weighted by Crippen LogP contribution is -2.46. The van der Waals surface area contributed by atoms with Crippen LogP contribution >= 0.6 is 7.82 Å². The van der Waals surface area contributed by atoms with E-state index in [9.17, 15) is 29.6 Å². The van der Waals surface area contributed by atoms with Crippen LogP contribution in [0.1, 0.15) is 142 Å². The Balaban J connectivity index is 4.66. The lowest BCUT2D eigenvalue weighted by atomic mass is 10.0. The van der Waals surface area contributed by atoms with Gasteiger partial charge in [-0.05, 0) is 38.5 Å². The minimum absolute atomic E-state index is 0.0252. The predicted octanol–water partition coefficient (Wildman–Crippen LogP) is 8.94. The van der Waals surface area contributed by atoms with Gasteiger partial charge in [0.1, 0.15) is 13.2 Å². The van der Waals surface area contributed by atoms with E-state index < -0.39 is 38.8 Å². The Bertz CT molecular complexity index is 1180. The summed E-state index contributed by atoms with van der Waals surface area (Å²) >= 11 is 0. The fourth-order valence-corrected chi connectivity index (χ4v) is 6.37. The highest BCUT2D eigenvalue weighted by Crippen LogP contribution is 2.38. The summed E-state index contributed by atoms with van der Waals surface area (Å²) in [6.45, 7) is 4.35. The first-order valence-electron chi connectivity index (χ1n) is 21.5. The zero-order valence-electron chi connectivity index (χ0n) is 35.8. The number of phosphoric ester groups is 1. The van der Waals surface area contributed by atoms with Gasteiger partial charge < -0.3 is 39.1 Å². The fraction of sp³-hybridized carbons (Fsp3) is 0.711. The van der Waals surface area contributed by atoms with Crippen molar-refractivity contribution in [2.24, 2.45) is 0 Å². The van der Waals surface area contributed by atoms with Gasteiger partial charge in [0, 0.05) is 6.42 Å². The Morgan fingerprint density at radius 1 is 0.714 bits per heavy atom. The molecule has 0 heterocycles. The second-order valence-corrected chi connectivity index (χ2v) is 17.1. The lowest BCUT2D eigenvalue weighted by Gasteiger charge is -2.30. The van der Waals surface area contributed by atoms with Gasteiger partial charge in [-0.1, -0.05) is 170 Å². The predicted molar refractivity (Wildman–Crippen MR) is 231 cm³/mol. The van der Waals surface area contributed by atoms with E-state index in [1.54, 1.807) is 30.4 Å². The molecule has 4 N–H and O–H groups in total. The first-order valence-corrected chi connectivity index (χ1v) is 23.0. The molecule has 0 saturated heterocycles.